The Kier molecular flexibility index (Phi) is 2.37. The van der Waals surface area contributed by atoms with Crippen LogP contribution in [0.4, 0.5) is 0 Å². The van der Waals surface area contributed by atoms with Gasteiger partial charge in [0.25, 0.3) is 0 Å². The van der Waals surface area contributed by atoms with Crippen LogP contribution in [0.2, 0.25) is 0 Å². The molecular formula is C6H7N3O. The minimum Gasteiger partial charge on any atom is -0.355 e. The Morgan fingerprint density at radius 3 is 3.10 bits per heavy atom. The molecule has 0 saturated heterocycles. The van der Waals surface area contributed by atoms with Gasteiger partial charge in [-0.1, -0.05) is 0 Å². The van der Waals surface area contributed by atoms with Gasteiger partial charge in [0.05, 0.1) is 6.20 Å². The molecule has 0 aliphatic carbocycles. The SMILES string of the molecule is O=CNCc1ccnnc1. The van der Waals surface area contributed by atoms with Crippen molar-refractivity contribution >= 4 is 6.41 Å². The summed E-state index contributed by atoms with van der Waals surface area (Å²) in [6.07, 6.45) is 3.85. The summed E-state index contributed by atoms with van der Waals surface area (Å²) in [6.45, 7) is 0.513. The lowest BCUT2D eigenvalue weighted by molar-refractivity contribution is -0.109. The molecule has 0 unspecified atom stereocenters. The average Bonchev–Trinajstić information content (AvgIpc) is 2.03. The summed E-state index contributed by atoms with van der Waals surface area (Å²) in [7, 11) is 0. The molecule has 0 atom stereocenters. The second-order valence-electron chi connectivity index (χ2n) is 1.75. The lowest BCUT2D eigenvalue weighted by atomic mass is 10.3. The minimum absolute atomic E-state index is 0.513. The summed E-state index contributed by atoms with van der Waals surface area (Å²) in [4.78, 5) is 9.83. The van der Waals surface area contributed by atoms with Gasteiger partial charge < -0.3 is 5.32 Å². The second-order valence-corrected chi connectivity index (χ2v) is 1.75. The number of hydrogen-bond acceptors (Lipinski definition) is 3. The van der Waals surface area contributed by atoms with E-state index < -0.39 is 0 Å². The highest BCUT2D eigenvalue weighted by molar-refractivity contribution is 5.46. The first-order chi connectivity index (χ1) is 4.93. The number of hydrogen-bond donors (Lipinski definition) is 1. The molecule has 4 nitrogen and oxygen atoms in total. The fourth-order valence-corrected chi connectivity index (χ4v) is 0.582. The van der Waals surface area contributed by atoms with E-state index in [1.54, 1.807) is 18.5 Å². The van der Waals surface area contributed by atoms with E-state index in [4.69, 9.17) is 0 Å². The molecule has 0 aliphatic heterocycles. The Bertz CT molecular complexity index is 199. The van der Waals surface area contributed by atoms with Crippen LogP contribution in [0.5, 0.6) is 0 Å². The predicted octanol–water partition coefficient (Wildman–Crippen LogP) is -0.277. The molecule has 4 heteroatoms. The van der Waals surface area contributed by atoms with Crippen LogP contribution in [0.25, 0.3) is 0 Å². The van der Waals surface area contributed by atoms with Crippen LogP contribution in [0.15, 0.2) is 18.5 Å². The number of carbonyl (C=O) groups is 1. The van der Waals surface area contributed by atoms with E-state index in [2.05, 4.69) is 15.5 Å². The first-order valence-electron chi connectivity index (χ1n) is 2.86. The van der Waals surface area contributed by atoms with E-state index in [1.165, 1.54) is 0 Å². The van der Waals surface area contributed by atoms with Gasteiger partial charge >= 0.3 is 0 Å². The summed E-state index contributed by atoms with van der Waals surface area (Å²) < 4.78 is 0. The fourth-order valence-electron chi connectivity index (χ4n) is 0.582. The number of rotatable bonds is 3. The van der Waals surface area contributed by atoms with Crippen molar-refractivity contribution < 1.29 is 4.79 Å². The summed E-state index contributed by atoms with van der Waals surface area (Å²) in [6, 6.07) is 1.80. The van der Waals surface area contributed by atoms with Crippen LogP contribution in [-0.2, 0) is 11.3 Å². The van der Waals surface area contributed by atoms with Crippen molar-refractivity contribution in [2.75, 3.05) is 0 Å². The molecule has 52 valence electrons. The van der Waals surface area contributed by atoms with Gasteiger partial charge in [-0.25, -0.2) is 0 Å². The largest absolute Gasteiger partial charge is 0.355 e. The molecule has 1 aromatic rings. The van der Waals surface area contributed by atoms with Crippen molar-refractivity contribution in [2.45, 2.75) is 6.54 Å². The van der Waals surface area contributed by atoms with Gasteiger partial charge in [-0.3, -0.25) is 4.79 Å². The third-order valence-electron chi connectivity index (χ3n) is 1.04. The topological polar surface area (TPSA) is 54.9 Å². The quantitative estimate of drug-likeness (QED) is 0.583. The maximum atomic E-state index is 9.83. The third-order valence-corrected chi connectivity index (χ3v) is 1.04. The highest BCUT2D eigenvalue weighted by Gasteiger charge is 1.87. The van der Waals surface area contributed by atoms with Gasteiger partial charge in [-0.15, -0.1) is 0 Å². The molecule has 1 N–H and O–H groups in total. The Hall–Kier alpha value is -1.45. The van der Waals surface area contributed by atoms with E-state index in [-0.39, 0.29) is 0 Å². The fraction of sp³-hybridized carbons (Fsp3) is 0.167. The minimum atomic E-state index is 0.513. The molecule has 1 amide bonds. The first-order valence-corrected chi connectivity index (χ1v) is 2.86. The molecule has 1 rings (SSSR count). The van der Waals surface area contributed by atoms with Gasteiger partial charge in [-0.05, 0) is 11.6 Å². The van der Waals surface area contributed by atoms with Crippen LogP contribution in [0, 0.1) is 0 Å². The van der Waals surface area contributed by atoms with Crippen molar-refractivity contribution in [1.29, 1.82) is 0 Å². The smallest absolute Gasteiger partial charge is 0.207 e. The van der Waals surface area contributed by atoms with Crippen LogP contribution in [-0.4, -0.2) is 16.6 Å². The van der Waals surface area contributed by atoms with Gasteiger partial charge in [0.15, 0.2) is 0 Å². The lowest BCUT2D eigenvalue weighted by Gasteiger charge is -1.94. The molecule has 0 radical (unpaired) electrons. The van der Waals surface area contributed by atoms with Gasteiger partial charge in [-0.2, -0.15) is 10.2 Å². The molecular weight excluding hydrogens is 130 g/mol. The van der Waals surface area contributed by atoms with Crippen molar-refractivity contribution in [3.8, 4) is 0 Å². The van der Waals surface area contributed by atoms with Gasteiger partial charge in [0.1, 0.15) is 0 Å². The van der Waals surface area contributed by atoms with Crippen LogP contribution < -0.4 is 5.32 Å². The predicted molar refractivity (Wildman–Crippen MR) is 34.9 cm³/mol. The maximum absolute atomic E-state index is 9.83. The molecule has 0 bridgehead atoms. The normalized spacial score (nSPS) is 8.80. The third kappa shape index (κ3) is 1.81. The summed E-state index contributed by atoms with van der Waals surface area (Å²) in [5.41, 5.74) is 0.946. The maximum Gasteiger partial charge on any atom is 0.207 e. The summed E-state index contributed by atoms with van der Waals surface area (Å²) >= 11 is 0. The summed E-state index contributed by atoms with van der Waals surface area (Å²) in [5, 5.41) is 9.74. The Morgan fingerprint density at radius 2 is 2.50 bits per heavy atom. The lowest BCUT2D eigenvalue weighted by Crippen LogP contribution is -2.09. The molecule has 0 spiro atoms. The van der Waals surface area contributed by atoms with Crippen molar-refractivity contribution in [3.05, 3.63) is 24.0 Å². The molecule has 0 saturated carbocycles. The Morgan fingerprint density at radius 1 is 1.60 bits per heavy atom. The van der Waals surface area contributed by atoms with Crippen molar-refractivity contribution in [3.63, 3.8) is 0 Å². The van der Waals surface area contributed by atoms with Gasteiger partial charge in [0.2, 0.25) is 6.41 Å². The molecule has 0 fully saturated rings. The molecule has 0 aromatic carbocycles. The zero-order valence-electron chi connectivity index (χ0n) is 5.32. The number of carbonyl (C=O) groups excluding carboxylic acids is 1. The number of nitrogens with zero attached hydrogens (tertiary/aromatic N) is 2. The number of aromatic nitrogens is 2. The van der Waals surface area contributed by atoms with Crippen LogP contribution in [0.1, 0.15) is 5.56 Å². The molecule has 0 aliphatic rings. The van der Waals surface area contributed by atoms with Crippen molar-refractivity contribution in [2.24, 2.45) is 0 Å². The van der Waals surface area contributed by atoms with E-state index in [1.807, 2.05) is 0 Å². The first kappa shape index (κ1) is 6.67. The van der Waals surface area contributed by atoms with Crippen LogP contribution in [0.3, 0.4) is 0 Å². The number of nitrogens with one attached hydrogen (secondary N) is 1. The average molecular weight is 137 g/mol. The van der Waals surface area contributed by atoms with E-state index >= 15 is 0 Å². The zero-order chi connectivity index (χ0) is 7.23. The highest BCUT2D eigenvalue weighted by atomic mass is 16.1. The van der Waals surface area contributed by atoms with Gasteiger partial charge in [0, 0.05) is 12.7 Å². The summed E-state index contributed by atoms with van der Waals surface area (Å²) in [5.74, 6) is 0. The Labute approximate surface area is 58.3 Å². The zero-order valence-corrected chi connectivity index (χ0v) is 5.32. The van der Waals surface area contributed by atoms with E-state index in [0.29, 0.717) is 13.0 Å². The van der Waals surface area contributed by atoms with Crippen molar-refractivity contribution in [1.82, 2.24) is 15.5 Å². The Balaban J connectivity index is 2.50. The second kappa shape index (κ2) is 3.55. The molecule has 1 aromatic heterocycles. The van der Waals surface area contributed by atoms with Crippen LogP contribution >= 0.6 is 0 Å². The monoisotopic (exact) mass is 137 g/mol. The van der Waals surface area contributed by atoms with E-state index in [9.17, 15) is 4.79 Å². The van der Waals surface area contributed by atoms with E-state index in [0.717, 1.165) is 5.56 Å². The molecule has 1 heterocycles. The molecule has 10 heavy (non-hydrogen) atoms. The standard InChI is InChI=1S/C6H7N3O/c10-5-7-3-6-1-2-8-9-4-6/h1-2,4-5H,3H2,(H,7,10). The number of amides is 1. The highest BCUT2D eigenvalue weighted by Crippen LogP contribution is 1.90.